The Bertz CT molecular complexity index is 449. The molecule has 0 aliphatic heterocycles. The van der Waals surface area contributed by atoms with E-state index in [1.165, 1.54) is 7.11 Å². The van der Waals surface area contributed by atoms with Gasteiger partial charge < -0.3 is 10.2 Å². The SMILES string of the molecule is COC(=O)CC1(CSCc2cccc(NN)n2)CC1. The summed E-state index contributed by atoms with van der Waals surface area (Å²) in [7, 11) is 1.45. The highest BCUT2D eigenvalue weighted by molar-refractivity contribution is 7.98. The van der Waals surface area contributed by atoms with Crippen LogP contribution in [0.5, 0.6) is 0 Å². The third-order valence-electron chi connectivity index (χ3n) is 3.32. The molecule has 0 radical (unpaired) electrons. The van der Waals surface area contributed by atoms with Crippen molar-refractivity contribution < 1.29 is 9.53 Å². The van der Waals surface area contributed by atoms with Gasteiger partial charge in [0.1, 0.15) is 5.82 Å². The lowest BCUT2D eigenvalue weighted by Crippen LogP contribution is -2.13. The number of nitrogens with zero attached hydrogens (tertiary/aromatic N) is 1. The summed E-state index contributed by atoms with van der Waals surface area (Å²) in [5, 5.41) is 0. The number of nitrogens with one attached hydrogen (secondary N) is 1. The van der Waals surface area contributed by atoms with E-state index in [9.17, 15) is 4.79 Å². The largest absolute Gasteiger partial charge is 0.469 e. The van der Waals surface area contributed by atoms with Crippen LogP contribution in [-0.4, -0.2) is 23.8 Å². The van der Waals surface area contributed by atoms with E-state index >= 15 is 0 Å². The number of methoxy groups -OCH3 is 1. The Labute approximate surface area is 117 Å². The number of rotatable bonds is 7. The lowest BCUT2D eigenvalue weighted by atomic mass is 10.1. The number of hydrogen-bond acceptors (Lipinski definition) is 6. The average Bonchev–Trinajstić information content (AvgIpc) is 3.18. The fraction of sp³-hybridized carbons (Fsp3) is 0.538. The van der Waals surface area contributed by atoms with Crippen LogP contribution in [0.2, 0.25) is 0 Å². The molecule has 1 aliphatic carbocycles. The summed E-state index contributed by atoms with van der Waals surface area (Å²) in [4.78, 5) is 15.7. The zero-order chi connectivity index (χ0) is 13.7. The second-order valence-corrected chi connectivity index (χ2v) is 5.89. The predicted molar refractivity (Wildman–Crippen MR) is 76.5 cm³/mol. The molecule has 0 atom stereocenters. The number of carbonyl (C=O) groups is 1. The minimum Gasteiger partial charge on any atom is -0.469 e. The molecule has 1 aromatic heterocycles. The van der Waals surface area contributed by atoms with Crippen LogP contribution in [0.3, 0.4) is 0 Å². The van der Waals surface area contributed by atoms with Gasteiger partial charge in [-0.1, -0.05) is 6.07 Å². The van der Waals surface area contributed by atoms with Gasteiger partial charge in [-0.3, -0.25) is 4.79 Å². The van der Waals surface area contributed by atoms with Gasteiger partial charge in [0.2, 0.25) is 0 Å². The number of hydrogen-bond donors (Lipinski definition) is 2. The second kappa shape index (κ2) is 6.25. The van der Waals surface area contributed by atoms with Crippen molar-refractivity contribution in [3.05, 3.63) is 23.9 Å². The van der Waals surface area contributed by atoms with Crippen molar-refractivity contribution in [2.24, 2.45) is 11.3 Å². The van der Waals surface area contributed by atoms with E-state index in [-0.39, 0.29) is 11.4 Å². The van der Waals surface area contributed by atoms with Crippen molar-refractivity contribution in [1.82, 2.24) is 4.98 Å². The number of nitrogen functional groups attached to an aromatic ring is 1. The van der Waals surface area contributed by atoms with E-state index in [2.05, 4.69) is 10.4 Å². The Kier molecular flexibility index (Phi) is 4.66. The maximum atomic E-state index is 11.3. The van der Waals surface area contributed by atoms with Gasteiger partial charge in [-0.05, 0) is 36.1 Å². The van der Waals surface area contributed by atoms with Crippen LogP contribution in [0.4, 0.5) is 5.82 Å². The molecule has 6 heteroatoms. The number of pyridine rings is 1. The fourth-order valence-corrected chi connectivity index (χ4v) is 3.24. The normalized spacial score (nSPS) is 15.9. The van der Waals surface area contributed by atoms with Crippen molar-refractivity contribution in [2.45, 2.75) is 25.0 Å². The van der Waals surface area contributed by atoms with Gasteiger partial charge in [0, 0.05) is 5.75 Å². The smallest absolute Gasteiger partial charge is 0.306 e. The van der Waals surface area contributed by atoms with Crippen LogP contribution in [0.25, 0.3) is 0 Å². The van der Waals surface area contributed by atoms with Gasteiger partial charge in [-0.15, -0.1) is 0 Å². The van der Waals surface area contributed by atoms with Gasteiger partial charge >= 0.3 is 5.97 Å². The molecule has 5 nitrogen and oxygen atoms in total. The number of ether oxygens (including phenoxy) is 1. The maximum absolute atomic E-state index is 11.3. The second-order valence-electron chi connectivity index (χ2n) is 4.90. The first-order valence-electron chi connectivity index (χ1n) is 6.25. The number of aromatic nitrogens is 1. The van der Waals surface area contributed by atoms with Crippen LogP contribution >= 0.6 is 11.8 Å². The summed E-state index contributed by atoms with van der Waals surface area (Å²) in [6, 6.07) is 5.74. The molecule has 0 aromatic carbocycles. The molecule has 1 aliphatic rings. The summed E-state index contributed by atoms with van der Waals surface area (Å²) < 4.78 is 4.74. The van der Waals surface area contributed by atoms with E-state index < -0.39 is 0 Å². The third kappa shape index (κ3) is 4.11. The molecule has 2 rings (SSSR count). The van der Waals surface area contributed by atoms with Crippen LogP contribution < -0.4 is 11.3 Å². The minimum atomic E-state index is -0.106. The lowest BCUT2D eigenvalue weighted by molar-refractivity contribution is -0.141. The Balaban J connectivity index is 1.78. The first-order chi connectivity index (χ1) is 9.17. The highest BCUT2D eigenvalue weighted by Gasteiger charge is 2.44. The molecule has 1 heterocycles. The summed E-state index contributed by atoms with van der Waals surface area (Å²) >= 11 is 1.81. The van der Waals surface area contributed by atoms with Crippen LogP contribution in [-0.2, 0) is 15.3 Å². The number of nitrogens with two attached hydrogens (primary N) is 1. The van der Waals surface area contributed by atoms with Crippen LogP contribution in [0, 0.1) is 5.41 Å². The Morgan fingerprint density at radius 2 is 2.37 bits per heavy atom. The molecule has 19 heavy (non-hydrogen) atoms. The molecule has 0 bridgehead atoms. The molecule has 1 saturated carbocycles. The standard InChI is InChI=1S/C13H19N3O2S/c1-18-12(17)7-13(5-6-13)9-19-8-10-3-2-4-11(15-10)16-14/h2-4H,5-9,14H2,1H3,(H,15,16). The van der Waals surface area contributed by atoms with Crippen molar-refractivity contribution >= 4 is 23.5 Å². The minimum absolute atomic E-state index is 0.106. The molecule has 104 valence electrons. The molecule has 1 aromatic rings. The average molecular weight is 281 g/mol. The molecule has 0 saturated heterocycles. The number of esters is 1. The summed E-state index contributed by atoms with van der Waals surface area (Å²) in [5.41, 5.74) is 3.70. The highest BCUT2D eigenvalue weighted by atomic mass is 32.2. The van der Waals surface area contributed by atoms with Crippen molar-refractivity contribution in [3.63, 3.8) is 0 Å². The number of hydrazine groups is 1. The number of thioether (sulfide) groups is 1. The van der Waals surface area contributed by atoms with E-state index in [0.717, 1.165) is 30.0 Å². The van der Waals surface area contributed by atoms with Crippen LogP contribution in [0.15, 0.2) is 18.2 Å². The fourth-order valence-electron chi connectivity index (χ4n) is 1.94. The molecular weight excluding hydrogens is 262 g/mol. The van der Waals surface area contributed by atoms with E-state index in [1.807, 2.05) is 30.0 Å². The maximum Gasteiger partial charge on any atom is 0.306 e. The van der Waals surface area contributed by atoms with Gasteiger partial charge in [-0.25, -0.2) is 10.8 Å². The Morgan fingerprint density at radius 1 is 1.58 bits per heavy atom. The summed E-state index contributed by atoms with van der Waals surface area (Å²) in [6.45, 7) is 0. The molecule has 0 unspecified atom stereocenters. The number of carbonyl (C=O) groups excluding carboxylic acids is 1. The monoisotopic (exact) mass is 281 g/mol. The first-order valence-corrected chi connectivity index (χ1v) is 7.40. The predicted octanol–water partition coefficient (Wildman–Crippen LogP) is 1.94. The molecule has 3 N–H and O–H groups in total. The molecular formula is C13H19N3O2S. The molecule has 1 fully saturated rings. The van der Waals surface area contributed by atoms with Crippen LogP contribution in [0.1, 0.15) is 25.0 Å². The van der Waals surface area contributed by atoms with Crippen molar-refractivity contribution in [1.29, 1.82) is 0 Å². The number of anilines is 1. The summed E-state index contributed by atoms with van der Waals surface area (Å²) in [5.74, 6) is 7.70. The quantitative estimate of drug-likeness (QED) is 0.452. The van der Waals surface area contributed by atoms with Gasteiger partial charge in [0.15, 0.2) is 0 Å². The van der Waals surface area contributed by atoms with E-state index in [4.69, 9.17) is 10.6 Å². The molecule has 0 spiro atoms. The highest BCUT2D eigenvalue weighted by Crippen LogP contribution is 2.51. The van der Waals surface area contributed by atoms with E-state index in [1.54, 1.807) is 0 Å². The van der Waals surface area contributed by atoms with Gasteiger partial charge in [-0.2, -0.15) is 11.8 Å². The van der Waals surface area contributed by atoms with Crippen molar-refractivity contribution in [3.8, 4) is 0 Å². The zero-order valence-corrected chi connectivity index (χ0v) is 11.8. The van der Waals surface area contributed by atoms with Gasteiger partial charge in [0.05, 0.1) is 19.2 Å². The third-order valence-corrected chi connectivity index (χ3v) is 4.63. The van der Waals surface area contributed by atoms with Gasteiger partial charge in [0.25, 0.3) is 0 Å². The lowest BCUT2D eigenvalue weighted by Gasteiger charge is -2.12. The zero-order valence-electron chi connectivity index (χ0n) is 11.0. The molecule has 0 amide bonds. The Morgan fingerprint density at radius 3 is 3.00 bits per heavy atom. The van der Waals surface area contributed by atoms with Crippen molar-refractivity contribution in [2.75, 3.05) is 18.3 Å². The first kappa shape index (κ1) is 14.1. The summed E-state index contributed by atoms with van der Waals surface area (Å²) in [6.07, 6.45) is 2.77. The van der Waals surface area contributed by atoms with E-state index in [0.29, 0.717) is 12.2 Å². The topological polar surface area (TPSA) is 77.2 Å². The Hall–Kier alpha value is -1.27.